The summed E-state index contributed by atoms with van der Waals surface area (Å²) < 4.78 is 0. The Morgan fingerprint density at radius 1 is 0.282 bits per heavy atom. The lowest BCUT2D eigenvalue weighted by atomic mass is 9.67. The summed E-state index contributed by atoms with van der Waals surface area (Å²) in [6, 6.07) is 90.0. The molecule has 0 amide bonds. The van der Waals surface area contributed by atoms with E-state index >= 15 is 0 Å². The second-order valence-corrected chi connectivity index (χ2v) is 22.0. The van der Waals surface area contributed by atoms with Crippen molar-refractivity contribution in [1.29, 1.82) is 0 Å². The molecule has 71 heavy (non-hydrogen) atoms. The van der Waals surface area contributed by atoms with Crippen LogP contribution in [-0.2, 0) is 21.7 Å². The van der Waals surface area contributed by atoms with Crippen LogP contribution in [0.1, 0.15) is 97.2 Å². The van der Waals surface area contributed by atoms with Gasteiger partial charge >= 0.3 is 0 Å². The molecule has 0 fully saturated rings. The van der Waals surface area contributed by atoms with Crippen molar-refractivity contribution in [3.8, 4) is 44.5 Å². The van der Waals surface area contributed by atoms with Gasteiger partial charge in [0, 0.05) is 16.9 Å². The zero-order valence-corrected chi connectivity index (χ0v) is 41.5. The van der Waals surface area contributed by atoms with E-state index in [2.05, 4.69) is 283 Å². The number of rotatable bonds is 6. The minimum atomic E-state index is -0.574. The van der Waals surface area contributed by atoms with Crippen LogP contribution in [0.25, 0.3) is 44.5 Å². The summed E-state index contributed by atoms with van der Waals surface area (Å²) in [5.41, 5.74) is 25.6. The van der Waals surface area contributed by atoms with Crippen molar-refractivity contribution in [2.45, 2.75) is 63.2 Å². The molecule has 3 aliphatic rings. The molecule has 0 bridgehead atoms. The maximum absolute atomic E-state index is 2.55. The van der Waals surface area contributed by atoms with Crippen molar-refractivity contribution in [2.75, 3.05) is 4.90 Å². The lowest BCUT2D eigenvalue weighted by Gasteiger charge is -2.36. The fourth-order valence-electron chi connectivity index (χ4n) is 12.8. The van der Waals surface area contributed by atoms with Gasteiger partial charge in [-0.15, -0.1) is 0 Å². The number of anilines is 3. The maximum Gasteiger partial charge on any atom is 0.0726 e. The van der Waals surface area contributed by atoms with E-state index in [0.717, 1.165) is 17.1 Å². The number of fused-ring (bicyclic) bond motifs is 13. The van der Waals surface area contributed by atoms with E-state index in [1.165, 1.54) is 100 Å². The van der Waals surface area contributed by atoms with Gasteiger partial charge < -0.3 is 4.90 Å². The molecule has 0 radical (unpaired) electrons. The number of para-hydroxylation sites is 1. The molecular formula is C70H57N. The van der Waals surface area contributed by atoms with Gasteiger partial charge in [-0.25, -0.2) is 0 Å². The van der Waals surface area contributed by atoms with Gasteiger partial charge in [0.2, 0.25) is 0 Å². The molecule has 2 unspecified atom stereocenters. The summed E-state index contributed by atoms with van der Waals surface area (Å²) in [6.07, 6.45) is 0. The van der Waals surface area contributed by atoms with Crippen LogP contribution in [0.4, 0.5) is 17.1 Å². The van der Waals surface area contributed by atoms with Crippen molar-refractivity contribution >= 4 is 17.1 Å². The SMILES string of the molecule is CC(C)(C)c1ccc(C2(c3ccccc3)c3ccccc3-c3ccc(N(c4ccc5c(c4)C4(c6ccccc6-5)c5ccccc5-c5ccc(C(C)(C)C)cc54)c4ccccc4-c4ccccc4)cc32)cc1. The Labute approximate surface area is 419 Å². The van der Waals surface area contributed by atoms with Gasteiger partial charge in [0.25, 0.3) is 0 Å². The molecule has 0 heterocycles. The van der Waals surface area contributed by atoms with Crippen molar-refractivity contribution in [2.24, 2.45) is 0 Å². The molecule has 1 heteroatoms. The minimum absolute atomic E-state index is 0.0249. The third kappa shape index (κ3) is 6.25. The monoisotopic (exact) mass is 911 g/mol. The van der Waals surface area contributed by atoms with E-state index in [1.807, 2.05) is 0 Å². The number of hydrogen-bond donors (Lipinski definition) is 0. The first-order chi connectivity index (χ1) is 34.5. The van der Waals surface area contributed by atoms with E-state index in [1.54, 1.807) is 0 Å². The fourth-order valence-corrected chi connectivity index (χ4v) is 12.8. The van der Waals surface area contributed by atoms with Gasteiger partial charge in [-0.05, 0) is 136 Å². The first-order valence-electron chi connectivity index (χ1n) is 25.3. The average Bonchev–Trinajstić information content (AvgIpc) is 3.98. The van der Waals surface area contributed by atoms with E-state index in [9.17, 15) is 0 Å². The lowest BCUT2D eigenvalue weighted by Crippen LogP contribution is -2.29. The molecule has 0 aromatic heterocycles. The first-order valence-corrected chi connectivity index (χ1v) is 25.3. The highest BCUT2D eigenvalue weighted by Crippen LogP contribution is 2.64. The summed E-state index contributed by atoms with van der Waals surface area (Å²) in [4.78, 5) is 2.55. The van der Waals surface area contributed by atoms with Gasteiger partial charge in [-0.2, -0.15) is 0 Å². The molecule has 0 saturated carbocycles. The van der Waals surface area contributed by atoms with E-state index in [0.29, 0.717) is 0 Å². The Morgan fingerprint density at radius 2 is 0.662 bits per heavy atom. The normalized spacial score (nSPS) is 17.0. The second kappa shape index (κ2) is 15.8. The fraction of sp³-hybridized carbons (Fsp3) is 0.143. The van der Waals surface area contributed by atoms with Gasteiger partial charge in [0.1, 0.15) is 0 Å². The second-order valence-electron chi connectivity index (χ2n) is 22.0. The molecule has 0 N–H and O–H groups in total. The zero-order valence-electron chi connectivity index (χ0n) is 41.5. The van der Waals surface area contributed by atoms with Gasteiger partial charge in [-0.3, -0.25) is 0 Å². The topological polar surface area (TPSA) is 3.24 Å². The molecular weight excluding hydrogens is 855 g/mol. The third-order valence-electron chi connectivity index (χ3n) is 16.1. The molecule has 10 aromatic rings. The molecule has 1 nitrogen and oxygen atoms in total. The largest absolute Gasteiger partial charge is 0.310 e. The van der Waals surface area contributed by atoms with E-state index in [-0.39, 0.29) is 10.8 Å². The number of nitrogens with zero attached hydrogens (tertiary/aromatic N) is 1. The van der Waals surface area contributed by atoms with Crippen molar-refractivity contribution in [1.82, 2.24) is 0 Å². The molecule has 2 atom stereocenters. The molecule has 13 rings (SSSR count). The van der Waals surface area contributed by atoms with Crippen LogP contribution < -0.4 is 4.90 Å². The summed E-state index contributed by atoms with van der Waals surface area (Å²) in [5, 5.41) is 0. The Kier molecular flexibility index (Phi) is 9.55. The minimum Gasteiger partial charge on any atom is -0.310 e. The van der Waals surface area contributed by atoms with Crippen LogP contribution in [0.3, 0.4) is 0 Å². The van der Waals surface area contributed by atoms with Crippen LogP contribution in [-0.4, -0.2) is 0 Å². The standard InChI is InChI=1S/C70H57N/c1-67(2,3)47-33-35-49(36-34-47)69(48-23-11-8-12-24-48)60-29-17-13-26-54(60)58-41-38-51(44-64(58)69)71(66-32-20-16-25-53(66)46-21-9-7-10-22-46)52-39-42-59-56-28-15-19-31-62(56)70(65(59)45-52)61-30-18-14-27-55(61)57-40-37-50(43-63(57)70)68(4,5)6/h7-45H,1-6H3. The molecule has 0 saturated heterocycles. The molecule has 0 aliphatic heterocycles. The molecule has 3 aliphatic carbocycles. The van der Waals surface area contributed by atoms with Gasteiger partial charge in [0.05, 0.1) is 16.5 Å². The number of hydrogen-bond acceptors (Lipinski definition) is 1. The maximum atomic E-state index is 2.55. The Morgan fingerprint density at radius 3 is 1.20 bits per heavy atom. The lowest BCUT2D eigenvalue weighted by molar-refractivity contribution is 0.588. The zero-order chi connectivity index (χ0) is 48.3. The molecule has 342 valence electrons. The highest BCUT2D eigenvalue weighted by atomic mass is 15.1. The summed E-state index contributed by atoms with van der Waals surface area (Å²) in [5.74, 6) is 0. The summed E-state index contributed by atoms with van der Waals surface area (Å²) >= 11 is 0. The first kappa shape index (κ1) is 43.1. The van der Waals surface area contributed by atoms with Gasteiger partial charge in [0.15, 0.2) is 0 Å². The number of benzene rings is 10. The molecule has 10 aromatic carbocycles. The predicted octanol–water partition coefficient (Wildman–Crippen LogP) is 18.1. The highest BCUT2D eigenvalue weighted by Gasteiger charge is 2.52. The summed E-state index contributed by atoms with van der Waals surface area (Å²) in [6.45, 7) is 13.9. The van der Waals surface area contributed by atoms with Gasteiger partial charge in [-0.1, -0.05) is 248 Å². The van der Waals surface area contributed by atoms with Crippen LogP contribution in [0, 0.1) is 0 Å². The molecule has 1 spiro atoms. The predicted molar refractivity (Wildman–Crippen MR) is 298 cm³/mol. The van der Waals surface area contributed by atoms with Crippen LogP contribution >= 0.6 is 0 Å². The van der Waals surface area contributed by atoms with E-state index < -0.39 is 10.8 Å². The Balaban J connectivity index is 1.11. The third-order valence-corrected chi connectivity index (χ3v) is 16.1. The van der Waals surface area contributed by atoms with Crippen LogP contribution in [0.2, 0.25) is 0 Å². The van der Waals surface area contributed by atoms with E-state index in [4.69, 9.17) is 0 Å². The highest BCUT2D eigenvalue weighted by molar-refractivity contribution is 5.98. The smallest absolute Gasteiger partial charge is 0.0726 e. The summed E-state index contributed by atoms with van der Waals surface area (Å²) in [7, 11) is 0. The average molecular weight is 912 g/mol. The Bertz CT molecular complexity index is 3700. The van der Waals surface area contributed by atoms with Crippen molar-refractivity contribution in [3.05, 3.63) is 292 Å². The van der Waals surface area contributed by atoms with Crippen molar-refractivity contribution in [3.63, 3.8) is 0 Å². The Hall–Kier alpha value is -8.00. The van der Waals surface area contributed by atoms with Crippen LogP contribution in [0.15, 0.2) is 237 Å². The quantitative estimate of drug-likeness (QED) is 0.161. The van der Waals surface area contributed by atoms with Crippen molar-refractivity contribution < 1.29 is 0 Å². The van der Waals surface area contributed by atoms with Crippen LogP contribution in [0.5, 0.6) is 0 Å².